The van der Waals surface area contributed by atoms with Gasteiger partial charge in [0.2, 0.25) is 5.96 Å². The smallest absolute Gasteiger partial charge is 0.285 e. The van der Waals surface area contributed by atoms with Crippen LogP contribution in [0.3, 0.4) is 0 Å². The molecule has 0 heterocycles. The average molecular weight is 360 g/mol. The first-order valence-electron chi connectivity index (χ1n) is 7.45. The Labute approximate surface area is 146 Å². The first kappa shape index (κ1) is 18.5. The molecule has 132 valence electrons. The number of nitrogens with one attached hydrogen (secondary N) is 1. The zero-order chi connectivity index (χ0) is 18.8. The number of hydrogen-bond acceptors (Lipinski definition) is 3. The topological polar surface area (TPSA) is 128 Å². The van der Waals surface area contributed by atoms with Gasteiger partial charge >= 0.3 is 0 Å². The van der Waals surface area contributed by atoms with Gasteiger partial charge in [0.05, 0.1) is 4.90 Å². The second-order valence-electron chi connectivity index (χ2n) is 5.74. The van der Waals surface area contributed by atoms with Crippen molar-refractivity contribution in [1.82, 2.24) is 0 Å². The molecule has 2 rings (SSSR count). The summed E-state index contributed by atoms with van der Waals surface area (Å²) in [6.45, 7) is 5.72. The molecule has 0 atom stereocenters. The molecule has 5 N–H and O–H groups in total. The van der Waals surface area contributed by atoms with E-state index in [-0.39, 0.29) is 10.8 Å². The normalized spacial score (nSPS) is 11.0. The number of nitrogens with two attached hydrogens (primary N) is 2. The molecule has 0 aliphatic heterocycles. The Morgan fingerprint density at radius 2 is 1.52 bits per heavy atom. The van der Waals surface area contributed by atoms with Gasteiger partial charge in [0.1, 0.15) is 0 Å². The van der Waals surface area contributed by atoms with Gasteiger partial charge in [-0.3, -0.25) is 4.79 Å². The number of sulfonamides is 1. The van der Waals surface area contributed by atoms with Crippen LogP contribution in [0.15, 0.2) is 45.7 Å². The van der Waals surface area contributed by atoms with E-state index >= 15 is 0 Å². The van der Waals surface area contributed by atoms with Crippen LogP contribution in [-0.2, 0) is 10.0 Å². The summed E-state index contributed by atoms with van der Waals surface area (Å²) in [5.41, 5.74) is 14.1. The van der Waals surface area contributed by atoms with Crippen LogP contribution in [0.4, 0.5) is 5.69 Å². The van der Waals surface area contributed by atoms with Crippen molar-refractivity contribution < 1.29 is 13.2 Å². The van der Waals surface area contributed by atoms with Gasteiger partial charge in [0.25, 0.3) is 15.9 Å². The lowest BCUT2D eigenvalue weighted by molar-refractivity contribution is 0.102. The van der Waals surface area contributed by atoms with E-state index in [0.29, 0.717) is 11.3 Å². The molecule has 0 aliphatic carbocycles. The minimum atomic E-state index is -3.95. The Morgan fingerprint density at radius 1 is 1.00 bits per heavy atom. The molecule has 0 saturated carbocycles. The van der Waals surface area contributed by atoms with Crippen LogP contribution in [0, 0.1) is 20.8 Å². The lowest BCUT2D eigenvalue weighted by atomic mass is 9.99. The highest BCUT2D eigenvalue weighted by molar-refractivity contribution is 7.90. The molecule has 0 fully saturated rings. The van der Waals surface area contributed by atoms with E-state index in [2.05, 4.69) is 9.71 Å². The van der Waals surface area contributed by atoms with Gasteiger partial charge in [-0.2, -0.15) is 8.42 Å². The van der Waals surface area contributed by atoms with Crippen molar-refractivity contribution in [3.05, 3.63) is 58.7 Å². The molecule has 0 aliphatic rings. The fourth-order valence-corrected chi connectivity index (χ4v) is 3.50. The molecular weight excluding hydrogens is 340 g/mol. The fourth-order valence-electron chi connectivity index (χ4n) is 2.63. The number of nitrogens with zero attached hydrogens (tertiary/aromatic N) is 1. The van der Waals surface area contributed by atoms with E-state index in [0.717, 1.165) is 16.7 Å². The summed E-state index contributed by atoms with van der Waals surface area (Å²) < 4.78 is 27.0. The van der Waals surface area contributed by atoms with Gasteiger partial charge in [-0.1, -0.05) is 17.7 Å². The molecule has 0 saturated heterocycles. The Balaban J connectivity index is 2.25. The number of carbonyl (C=O) groups excluding carboxylic acids is 1. The third-order valence-corrected chi connectivity index (χ3v) is 4.86. The van der Waals surface area contributed by atoms with Gasteiger partial charge in [0.15, 0.2) is 0 Å². The molecule has 0 radical (unpaired) electrons. The molecule has 2 aromatic carbocycles. The number of anilines is 1. The second-order valence-corrected chi connectivity index (χ2v) is 7.35. The molecule has 0 bridgehead atoms. The summed E-state index contributed by atoms with van der Waals surface area (Å²) in [6.07, 6.45) is 0. The van der Waals surface area contributed by atoms with Gasteiger partial charge in [-0.25, -0.2) is 0 Å². The molecule has 25 heavy (non-hydrogen) atoms. The number of rotatable bonds is 4. The number of benzene rings is 2. The quantitative estimate of drug-likeness (QED) is 0.566. The molecule has 0 unspecified atom stereocenters. The van der Waals surface area contributed by atoms with E-state index < -0.39 is 16.0 Å². The van der Waals surface area contributed by atoms with Crippen LogP contribution in [0.1, 0.15) is 27.0 Å². The Morgan fingerprint density at radius 3 is 2.00 bits per heavy atom. The van der Waals surface area contributed by atoms with Crippen LogP contribution >= 0.6 is 0 Å². The number of aryl methyl sites for hydroxylation is 3. The molecule has 1 amide bonds. The van der Waals surface area contributed by atoms with E-state index in [1.165, 1.54) is 24.3 Å². The first-order chi connectivity index (χ1) is 11.6. The summed E-state index contributed by atoms with van der Waals surface area (Å²) in [6, 6.07) is 9.48. The lowest BCUT2D eigenvalue weighted by Crippen LogP contribution is -2.24. The van der Waals surface area contributed by atoms with Gasteiger partial charge in [-0.05, 0) is 56.2 Å². The number of amides is 1. The minimum absolute atomic E-state index is 0.0680. The van der Waals surface area contributed by atoms with Crippen molar-refractivity contribution in [2.24, 2.45) is 15.9 Å². The summed E-state index contributed by atoms with van der Waals surface area (Å²) in [5.74, 6) is -0.794. The van der Waals surface area contributed by atoms with Gasteiger partial charge in [-0.15, -0.1) is 4.40 Å². The fraction of sp³-hybridized carbons (Fsp3) is 0.176. The molecule has 7 nitrogen and oxygen atoms in total. The van der Waals surface area contributed by atoms with E-state index in [1.54, 1.807) is 0 Å². The monoisotopic (exact) mass is 360 g/mol. The highest BCUT2D eigenvalue weighted by atomic mass is 32.2. The van der Waals surface area contributed by atoms with Crippen molar-refractivity contribution in [1.29, 1.82) is 0 Å². The summed E-state index contributed by atoms with van der Waals surface area (Å²) in [5, 5.41) is 2.76. The number of guanidine groups is 1. The molecule has 0 aromatic heterocycles. The highest BCUT2D eigenvalue weighted by Gasteiger charge is 2.15. The van der Waals surface area contributed by atoms with Gasteiger partial charge < -0.3 is 16.8 Å². The third kappa shape index (κ3) is 4.36. The van der Waals surface area contributed by atoms with Crippen LogP contribution in [-0.4, -0.2) is 20.3 Å². The first-order valence-corrected chi connectivity index (χ1v) is 8.89. The Hall–Kier alpha value is -2.87. The Kier molecular flexibility index (Phi) is 5.13. The standard InChI is InChI=1S/C17H20N4O3S/c1-10-8-11(2)15(12(3)9-10)16(22)20-13-4-6-14(7-5-13)25(23,24)21-17(18)19/h4-9H,1-3H3,(H,20,22)(H4,18,19,21). The van der Waals surface area contributed by atoms with E-state index in [4.69, 9.17) is 11.5 Å². The number of carbonyl (C=O) groups is 1. The van der Waals surface area contributed by atoms with Crippen LogP contribution in [0.2, 0.25) is 0 Å². The van der Waals surface area contributed by atoms with Crippen molar-refractivity contribution in [3.63, 3.8) is 0 Å². The molecule has 0 spiro atoms. The van der Waals surface area contributed by atoms with Crippen molar-refractivity contribution in [2.75, 3.05) is 5.32 Å². The zero-order valence-corrected chi connectivity index (χ0v) is 15.0. The maximum absolute atomic E-state index is 12.5. The van der Waals surface area contributed by atoms with Gasteiger partial charge in [0, 0.05) is 11.3 Å². The summed E-state index contributed by atoms with van der Waals surface area (Å²) in [7, 11) is -3.95. The lowest BCUT2D eigenvalue weighted by Gasteiger charge is -2.12. The van der Waals surface area contributed by atoms with Crippen LogP contribution < -0.4 is 16.8 Å². The predicted octanol–water partition coefficient (Wildman–Crippen LogP) is 1.83. The number of hydrogen-bond donors (Lipinski definition) is 3. The van der Waals surface area contributed by atoms with Crippen molar-refractivity contribution in [3.8, 4) is 0 Å². The third-order valence-electron chi connectivity index (χ3n) is 3.54. The maximum atomic E-state index is 12.5. The largest absolute Gasteiger partial charge is 0.369 e. The highest BCUT2D eigenvalue weighted by Crippen LogP contribution is 2.20. The average Bonchev–Trinajstić information content (AvgIpc) is 2.45. The molecule has 8 heteroatoms. The summed E-state index contributed by atoms with van der Waals surface area (Å²) in [4.78, 5) is 12.4. The van der Waals surface area contributed by atoms with E-state index in [1.807, 2.05) is 32.9 Å². The van der Waals surface area contributed by atoms with Crippen LogP contribution in [0.5, 0.6) is 0 Å². The predicted molar refractivity (Wildman–Crippen MR) is 98.0 cm³/mol. The zero-order valence-electron chi connectivity index (χ0n) is 14.2. The molecule has 2 aromatic rings. The van der Waals surface area contributed by atoms with E-state index in [9.17, 15) is 13.2 Å². The molecular formula is C17H20N4O3S. The SMILES string of the molecule is Cc1cc(C)c(C(=O)Nc2ccc(S(=O)(=O)N=C(N)N)cc2)c(C)c1. The van der Waals surface area contributed by atoms with Crippen molar-refractivity contribution >= 4 is 27.6 Å². The second kappa shape index (κ2) is 6.94. The van der Waals surface area contributed by atoms with Crippen molar-refractivity contribution in [2.45, 2.75) is 25.7 Å². The Bertz CT molecular complexity index is 921. The summed E-state index contributed by atoms with van der Waals surface area (Å²) >= 11 is 0. The maximum Gasteiger partial charge on any atom is 0.285 e. The van der Waals surface area contributed by atoms with Crippen LogP contribution in [0.25, 0.3) is 0 Å². The minimum Gasteiger partial charge on any atom is -0.369 e.